The molecule has 6 heteroatoms. The minimum atomic E-state index is 0.506. The third-order valence-electron chi connectivity index (χ3n) is 2.53. The van der Waals surface area contributed by atoms with Gasteiger partial charge in [-0.05, 0) is 6.07 Å². The Morgan fingerprint density at radius 1 is 1.26 bits per heavy atom. The van der Waals surface area contributed by atoms with Gasteiger partial charge < -0.3 is 14.8 Å². The van der Waals surface area contributed by atoms with Crippen molar-refractivity contribution in [2.24, 2.45) is 7.05 Å². The van der Waals surface area contributed by atoms with Crippen LogP contribution in [0.25, 0.3) is 0 Å². The first-order valence-electron chi connectivity index (χ1n) is 6.07. The van der Waals surface area contributed by atoms with Crippen LogP contribution in [0.5, 0.6) is 5.88 Å². The van der Waals surface area contributed by atoms with Gasteiger partial charge >= 0.3 is 0 Å². The van der Waals surface area contributed by atoms with Crippen LogP contribution in [-0.2, 0) is 18.3 Å². The van der Waals surface area contributed by atoms with Crippen LogP contribution in [0.4, 0.5) is 5.69 Å². The lowest BCUT2D eigenvalue weighted by Crippen LogP contribution is -2.05. The van der Waals surface area contributed by atoms with Gasteiger partial charge in [-0.25, -0.2) is 4.98 Å². The zero-order valence-corrected chi connectivity index (χ0v) is 11.2. The Bertz CT molecular complexity index is 496. The second kappa shape index (κ2) is 6.75. The number of aryl methyl sites for hydroxylation is 1. The Hall–Kier alpha value is -2.08. The molecule has 0 aliphatic rings. The monoisotopic (exact) mass is 262 g/mol. The van der Waals surface area contributed by atoms with Gasteiger partial charge in [0.15, 0.2) is 0 Å². The van der Waals surface area contributed by atoms with Crippen LogP contribution < -0.4 is 10.1 Å². The van der Waals surface area contributed by atoms with Crippen molar-refractivity contribution in [3.8, 4) is 5.88 Å². The van der Waals surface area contributed by atoms with E-state index in [9.17, 15) is 0 Å². The topological polar surface area (TPSA) is 61.2 Å². The van der Waals surface area contributed by atoms with Gasteiger partial charge in [0.25, 0.3) is 0 Å². The van der Waals surface area contributed by atoms with Crippen LogP contribution in [0.1, 0.15) is 5.56 Å². The first-order chi connectivity index (χ1) is 9.28. The van der Waals surface area contributed by atoms with E-state index in [0.29, 0.717) is 19.1 Å². The van der Waals surface area contributed by atoms with Gasteiger partial charge in [0.2, 0.25) is 5.88 Å². The van der Waals surface area contributed by atoms with Crippen molar-refractivity contribution < 1.29 is 9.47 Å². The Labute approximate surface area is 112 Å². The number of rotatable bonds is 7. The quantitative estimate of drug-likeness (QED) is 0.765. The molecule has 0 radical (unpaired) electrons. The summed E-state index contributed by atoms with van der Waals surface area (Å²) >= 11 is 0. The molecule has 0 amide bonds. The van der Waals surface area contributed by atoms with E-state index in [4.69, 9.17) is 9.47 Å². The summed E-state index contributed by atoms with van der Waals surface area (Å²) in [7, 11) is 3.54. The average Bonchev–Trinajstić information content (AvgIpc) is 2.84. The van der Waals surface area contributed by atoms with Crippen molar-refractivity contribution >= 4 is 5.69 Å². The number of ether oxygens (including phenoxy) is 2. The number of aromatic nitrogens is 3. The molecule has 2 rings (SSSR count). The molecule has 0 spiro atoms. The van der Waals surface area contributed by atoms with Crippen molar-refractivity contribution in [3.05, 3.63) is 36.3 Å². The van der Waals surface area contributed by atoms with E-state index >= 15 is 0 Å². The molecule has 6 nitrogen and oxygen atoms in total. The molecule has 0 atom stereocenters. The van der Waals surface area contributed by atoms with E-state index in [1.54, 1.807) is 18.0 Å². The summed E-state index contributed by atoms with van der Waals surface area (Å²) < 4.78 is 12.1. The lowest BCUT2D eigenvalue weighted by Gasteiger charge is -2.07. The molecule has 19 heavy (non-hydrogen) atoms. The second-order valence-corrected chi connectivity index (χ2v) is 4.10. The molecule has 0 aliphatic heterocycles. The van der Waals surface area contributed by atoms with Gasteiger partial charge in [-0.1, -0.05) is 0 Å². The largest absolute Gasteiger partial charge is 0.475 e. The van der Waals surface area contributed by atoms with E-state index < -0.39 is 0 Å². The van der Waals surface area contributed by atoms with Crippen LogP contribution in [-0.4, -0.2) is 35.1 Å². The minimum absolute atomic E-state index is 0.506. The first kappa shape index (κ1) is 13.4. The maximum absolute atomic E-state index is 5.39. The summed E-state index contributed by atoms with van der Waals surface area (Å²) in [6, 6.07) is 3.77. The van der Waals surface area contributed by atoms with Crippen molar-refractivity contribution in [2.75, 3.05) is 25.6 Å². The van der Waals surface area contributed by atoms with Crippen LogP contribution >= 0.6 is 0 Å². The maximum Gasteiger partial charge on any atom is 0.213 e. The van der Waals surface area contributed by atoms with E-state index in [1.807, 2.05) is 31.6 Å². The molecular weight excluding hydrogens is 244 g/mol. The minimum Gasteiger partial charge on any atom is -0.475 e. The number of nitrogens with zero attached hydrogens (tertiary/aromatic N) is 3. The summed E-state index contributed by atoms with van der Waals surface area (Å²) in [4.78, 5) is 4.21. The molecule has 0 aliphatic carbocycles. The predicted octanol–water partition coefficient (Wildman–Crippen LogP) is 1.45. The molecule has 1 N–H and O–H groups in total. The zero-order valence-electron chi connectivity index (χ0n) is 11.2. The maximum atomic E-state index is 5.39. The van der Waals surface area contributed by atoms with Crippen LogP contribution in [0.15, 0.2) is 30.7 Å². The predicted molar refractivity (Wildman–Crippen MR) is 72.1 cm³/mol. The molecule has 0 aromatic carbocycles. The summed E-state index contributed by atoms with van der Waals surface area (Å²) in [5, 5.41) is 7.39. The number of hydrogen-bond acceptors (Lipinski definition) is 5. The highest BCUT2D eigenvalue weighted by molar-refractivity contribution is 5.42. The Morgan fingerprint density at radius 3 is 2.79 bits per heavy atom. The Balaban J connectivity index is 1.81. The highest BCUT2D eigenvalue weighted by Crippen LogP contribution is 2.12. The van der Waals surface area contributed by atoms with Gasteiger partial charge in [-0.15, -0.1) is 0 Å². The summed E-state index contributed by atoms with van der Waals surface area (Å²) in [5.74, 6) is 0.601. The van der Waals surface area contributed by atoms with Gasteiger partial charge in [0.1, 0.15) is 6.61 Å². The lowest BCUT2D eigenvalue weighted by molar-refractivity contribution is 0.144. The highest BCUT2D eigenvalue weighted by Gasteiger charge is 1.99. The fourth-order valence-electron chi connectivity index (χ4n) is 1.57. The summed E-state index contributed by atoms with van der Waals surface area (Å²) in [5.41, 5.74) is 2.07. The lowest BCUT2D eigenvalue weighted by atomic mass is 10.3. The fraction of sp³-hybridized carbons (Fsp3) is 0.385. The highest BCUT2D eigenvalue weighted by atomic mass is 16.5. The molecule has 102 valence electrons. The first-order valence-corrected chi connectivity index (χ1v) is 6.07. The van der Waals surface area contributed by atoms with Crippen molar-refractivity contribution in [1.29, 1.82) is 0 Å². The molecule has 2 heterocycles. The second-order valence-electron chi connectivity index (χ2n) is 4.10. The van der Waals surface area contributed by atoms with Gasteiger partial charge in [-0.3, -0.25) is 4.68 Å². The van der Waals surface area contributed by atoms with E-state index in [2.05, 4.69) is 15.4 Å². The van der Waals surface area contributed by atoms with Crippen molar-refractivity contribution in [3.63, 3.8) is 0 Å². The number of anilines is 1. The number of pyridine rings is 1. The number of hydrogen-bond donors (Lipinski definition) is 1. The normalized spacial score (nSPS) is 10.4. The molecule has 0 saturated carbocycles. The van der Waals surface area contributed by atoms with Gasteiger partial charge in [0.05, 0.1) is 24.7 Å². The summed E-state index contributed by atoms with van der Waals surface area (Å²) in [6.07, 6.45) is 5.56. The molecule has 2 aromatic rings. The van der Waals surface area contributed by atoms with Crippen LogP contribution in [0.2, 0.25) is 0 Å². The van der Waals surface area contributed by atoms with E-state index in [-0.39, 0.29) is 0 Å². The van der Waals surface area contributed by atoms with E-state index in [1.165, 1.54) is 0 Å². The number of methoxy groups -OCH3 is 1. The molecule has 0 fully saturated rings. The average molecular weight is 262 g/mol. The van der Waals surface area contributed by atoms with Crippen molar-refractivity contribution in [2.45, 2.75) is 6.54 Å². The molecule has 0 bridgehead atoms. The third kappa shape index (κ3) is 4.26. The SMILES string of the molecule is COCCOc1ccc(NCc2cnn(C)c2)cn1. The molecule has 2 aromatic heterocycles. The van der Waals surface area contributed by atoms with Crippen LogP contribution in [0, 0.1) is 0 Å². The number of nitrogens with one attached hydrogen (secondary N) is 1. The Kier molecular flexibility index (Phi) is 4.74. The molecular formula is C13H18N4O2. The zero-order chi connectivity index (χ0) is 13.5. The standard InChI is InChI=1S/C13H18N4O2/c1-17-10-11(8-16-17)7-14-12-3-4-13(15-9-12)19-6-5-18-2/h3-4,8-10,14H,5-7H2,1-2H3. The van der Waals surface area contributed by atoms with Gasteiger partial charge in [-0.2, -0.15) is 5.10 Å². The molecule has 0 saturated heterocycles. The summed E-state index contributed by atoms with van der Waals surface area (Å²) in [6.45, 7) is 1.79. The fourth-order valence-corrected chi connectivity index (χ4v) is 1.57. The van der Waals surface area contributed by atoms with Crippen molar-refractivity contribution in [1.82, 2.24) is 14.8 Å². The van der Waals surface area contributed by atoms with Gasteiger partial charge in [0, 0.05) is 38.5 Å². The van der Waals surface area contributed by atoms with Crippen LogP contribution in [0.3, 0.4) is 0 Å². The van der Waals surface area contributed by atoms with E-state index in [0.717, 1.165) is 17.8 Å². The smallest absolute Gasteiger partial charge is 0.213 e. The third-order valence-corrected chi connectivity index (χ3v) is 2.53. The molecule has 0 unspecified atom stereocenters. The Morgan fingerprint density at radius 2 is 2.16 bits per heavy atom.